The van der Waals surface area contributed by atoms with Crippen LogP contribution in [0.1, 0.15) is 24.0 Å². The highest BCUT2D eigenvalue weighted by Crippen LogP contribution is 2.41. The van der Waals surface area contributed by atoms with Crippen molar-refractivity contribution < 1.29 is 14.3 Å². The summed E-state index contributed by atoms with van der Waals surface area (Å²) in [6.45, 7) is 2.29. The minimum atomic E-state index is -0.792. The van der Waals surface area contributed by atoms with E-state index in [0.29, 0.717) is 26.1 Å². The van der Waals surface area contributed by atoms with Crippen molar-refractivity contribution in [3.63, 3.8) is 0 Å². The number of hydrogen-bond donors (Lipinski definition) is 1. The number of piperidine rings is 1. The molecule has 4 heteroatoms. The molecule has 1 N–H and O–H groups in total. The van der Waals surface area contributed by atoms with E-state index in [1.165, 1.54) is 5.56 Å². The summed E-state index contributed by atoms with van der Waals surface area (Å²) in [5.74, 6) is 0. The first-order chi connectivity index (χ1) is 10.7. The van der Waals surface area contributed by atoms with Crippen LogP contribution in [-0.2, 0) is 16.9 Å². The molecule has 2 fully saturated rings. The predicted molar refractivity (Wildman–Crippen MR) is 82.2 cm³/mol. The smallest absolute Gasteiger partial charge is 0.0963 e. The predicted octanol–water partition coefficient (Wildman–Crippen LogP) is 2.53. The molecule has 22 heavy (non-hydrogen) atoms. The molecule has 3 heterocycles. The third-order valence-electron chi connectivity index (χ3n) is 4.97. The Labute approximate surface area is 130 Å². The molecule has 2 aliphatic heterocycles. The van der Waals surface area contributed by atoms with E-state index in [-0.39, 0.29) is 12.1 Å². The van der Waals surface area contributed by atoms with Crippen LogP contribution in [0.25, 0.3) is 0 Å². The normalized spacial score (nSPS) is 32.0. The third kappa shape index (κ3) is 2.47. The van der Waals surface area contributed by atoms with Gasteiger partial charge in [-0.15, -0.1) is 0 Å². The second-order valence-electron chi connectivity index (χ2n) is 6.45. The summed E-state index contributed by atoms with van der Waals surface area (Å²) in [5.41, 5.74) is 1.41. The Bertz CT molecular complexity index is 597. The molecule has 4 nitrogen and oxygen atoms in total. The molecule has 0 aliphatic carbocycles. The van der Waals surface area contributed by atoms with E-state index in [9.17, 15) is 5.11 Å². The lowest BCUT2D eigenvalue weighted by atomic mass is 9.77. The van der Waals surface area contributed by atoms with Gasteiger partial charge in [0.1, 0.15) is 0 Å². The number of benzene rings is 1. The number of rotatable bonds is 3. The SMILES string of the molecule is OC1(c2ccoc2)CC2COCC(C1)N2Cc1ccccc1. The summed E-state index contributed by atoms with van der Waals surface area (Å²) in [6, 6.07) is 12.9. The second kappa shape index (κ2) is 5.54. The lowest BCUT2D eigenvalue weighted by Crippen LogP contribution is -2.60. The number of nitrogens with zero attached hydrogens (tertiary/aromatic N) is 1. The van der Waals surface area contributed by atoms with Crippen molar-refractivity contribution in [1.82, 2.24) is 4.90 Å². The van der Waals surface area contributed by atoms with Crippen LogP contribution in [0.4, 0.5) is 0 Å². The first-order valence-corrected chi connectivity index (χ1v) is 7.87. The standard InChI is InChI=1S/C18H21NO3/c20-18(15-6-7-21-11-15)8-16-12-22-13-17(9-18)19(16)10-14-4-2-1-3-5-14/h1-7,11,16-17,20H,8-10,12-13H2. The topological polar surface area (TPSA) is 45.8 Å². The van der Waals surface area contributed by atoms with Gasteiger partial charge in [-0.05, 0) is 24.5 Å². The van der Waals surface area contributed by atoms with E-state index in [2.05, 4.69) is 29.2 Å². The van der Waals surface area contributed by atoms with Gasteiger partial charge in [0.15, 0.2) is 0 Å². The van der Waals surface area contributed by atoms with Crippen molar-refractivity contribution >= 4 is 0 Å². The van der Waals surface area contributed by atoms with Crippen molar-refractivity contribution in [1.29, 1.82) is 0 Å². The first kappa shape index (κ1) is 14.0. The van der Waals surface area contributed by atoms with Crippen molar-refractivity contribution in [2.45, 2.75) is 37.1 Å². The van der Waals surface area contributed by atoms with Crippen molar-refractivity contribution in [2.24, 2.45) is 0 Å². The van der Waals surface area contributed by atoms with Gasteiger partial charge in [0.05, 0.1) is 31.3 Å². The largest absolute Gasteiger partial charge is 0.472 e. The zero-order chi connectivity index (χ0) is 15.0. The number of ether oxygens (including phenoxy) is 1. The fourth-order valence-corrected chi connectivity index (χ4v) is 3.86. The molecule has 0 saturated carbocycles. The minimum Gasteiger partial charge on any atom is -0.472 e. The van der Waals surface area contributed by atoms with E-state index in [0.717, 1.165) is 12.1 Å². The molecule has 2 aliphatic rings. The van der Waals surface area contributed by atoms with Crippen molar-refractivity contribution in [3.05, 3.63) is 60.1 Å². The van der Waals surface area contributed by atoms with Crippen LogP contribution < -0.4 is 0 Å². The zero-order valence-corrected chi connectivity index (χ0v) is 12.5. The van der Waals surface area contributed by atoms with E-state index in [1.807, 2.05) is 12.1 Å². The average Bonchev–Trinajstić information content (AvgIpc) is 3.05. The van der Waals surface area contributed by atoms with Crippen LogP contribution in [0.15, 0.2) is 53.3 Å². The molecule has 2 saturated heterocycles. The summed E-state index contributed by atoms with van der Waals surface area (Å²) in [6.07, 6.45) is 4.69. The highest BCUT2D eigenvalue weighted by Gasteiger charge is 2.47. The lowest BCUT2D eigenvalue weighted by molar-refractivity contribution is -0.149. The highest BCUT2D eigenvalue weighted by atomic mass is 16.5. The number of furan rings is 1. The number of fused-ring (bicyclic) bond motifs is 2. The summed E-state index contributed by atoms with van der Waals surface area (Å²) in [4.78, 5) is 2.49. The Hall–Kier alpha value is -1.62. The molecular weight excluding hydrogens is 278 g/mol. The monoisotopic (exact) mass is 299 g/mol. The number of hydrogen-bond acceptors (Lipinski definition) is 4. The van der Waals surface area contributed by atoms with Gasteiger partial charge in [-0.2, -0.15) is 0 Å². The Kier molecular flexibility index (Phi) is 3.53. The molecule has 2 unspecified atom stereocenters. The molecule has 0 radical (unpaired) electrons. The molecule has 1 aromatic carbocycles. The van der Waals surface area contributed by atoms with E-state index in [1.54, 1.807) is 12.5 Å². The molecule has 0 amide bonds. The van der Waals surface area contributed by atoms with Gasteiger partial charge in [0.25, 0.3) is 0 Å². The number of aliphatic hydroxyl groups is 1. The average molecular weight is 299 g/mol. The minimum absolute atomic E-state index is 0.243. The van der Waals surface area contributed by atoms with Crippen LogP contribution in [0, 0.1) is 0 Å². The van der Waals surface area contributed by atoms with Crippen LogP contribution in [0.5, 0.6) is 0 Å². The molecule has 2 atom stereocenters. The van der Waals surface area contributed by atoms with Crippen molar-refractivity contribution in [3.8, 4) is 0 Å². The molecule has 1 aromatic heterocycles. The van der Waals surface area contributed by atoms with Gasteiger partial charge < -0.3 is 14.3 Å². The molecule has 0 spiro atoms. The fraction of sp³-hybridized carbons (Fsp3) is 0.444. The van der Waals surface area contributed by atoms with Gasteiger partial charge >= 0.3 is 0 Å². The summed E-state index contributed by atoms with van der Waals surface area (Å²) < 4.78 is 10.9. The van der Waals surface area contributed by atoms with Gasteiger partial charge in [-0.1, -0.05) is 30.3 Å². The van der Waals surface area contributed by atoms with Gasteiger partial charge in [0.2, 0.25) is 0 Å². The summed E-state index contributed by atoms with van der Waals surface area (Å²) >= 11 is 0. The Morgan fingerprint density at radius 2 is 1.82 bits per heavy atom. The molecule has 2 bridgehead atoms. The maximum Gasteiger partial charge on any atom is 0.0963 e. The molecule has 4 rings (SSSR count). The number of morpholine rings is 1. The van der Waals surface area contributed by atoms with Gasteiger partial charge in [0, 0.05) is 24.2 Å². The Morgan fingerprint density at radius 1 is 1.09 bits per heavy atom. The maximum atomic E-state index is 11.1. The van der Waals surface area contributed by atoms with Crippen LogP contribution in [-0.4, -0.2) is 35.3 Å². The quantitative estimate of drug-likeness (QED) is 0.946. The fourth-order valence-electron chi connectivity index (χ4n) is 3.86. The maximum absolute atomic E-state index is 11.1. The Balaban J connectivity index is 1.57. The van der Waals surface area contributed by atoms with E-state index >= 15 is 0 Å². The van der Waals surface area contributed by atoms with Crippen LogP contribution in [0.2, 0.25) is 0 Å². The zero-order valence-electron chi connectivity index (χ0n) is 12.5. The summed E-state index contributed by atoms with van der Waals surface area (Å²) in [7, 11) is 0. The van der Waals surface area contributed by atoms with E-state index in [4.69, 9.17) is 9.15 Å². The Morgan fingerprint density at radius 3 is 2.45 bits per heavy atom. The van der Waals surface area contributed by atoms with Gasteiger partial charge in [-0.25, -0.2) is 0 Å². The lowest BCUT2D eigenvalue weighted by Gasteiger charge is -2.51. The highest BCUT2D eigenvalue weighted by molar-refractivity contribution is 5.21. The van der Waals surface area contributed by atoms with Crippen LogP contribution in [0.3, 0.4) is 0 Å². The molecule has 2 aromatic rings. The molecule has 116 valence electrons. The first-order valence-electron chi connectivity index (χ1n) is 7.87. The van der Waals surface area contributed by atoms with Crippen molar-refractivity contribution in [2.75, 3.05) is 13.2 Å². The third-order valence-corrected chi connectivity index (χ3v) is 4.97. The molecular formula is C18H21NO3. The van der Waals surface area contributed by atoms with E-state index < -0.39 is 5.60 Å². The second-order valence-corrected chi connectivity index (χ2v) is 6.45. The summed E-state index contributed by atoms with van der Waals surface area (Å²) in [5, 5.41) is 11.1. The van der Waals surface area contributed by atoms with Gasteiger partial charge in [-0.3, -0.25) is 4.90 Å². The van der Waals surface area contributed by atoms with Crippen LogP contribution >= 0.6 is 0 Å².